The summed E-state index contributed by atoms with van der Waals surface area (Å²) in [6, 6.07) is 4.02. The predicted molar refractivity (Wildman–Crippen MR) is 74.2 cm³/mol. The van der Waals surface area contributed by atoms with Gasteiger partial charge in [-0.1, -0.05) is 6.07 Å². The maximum Gasteiger partial charge on any atom is 0.232 e. The molecule has 1 aromatic heterocycles. The van der Waals surface area contributed by atoms with E-state index in [0.29, 0.717) is 16.9 Å². The topological polar surface area (TPSA) is 76.0 Å². The molecule has 3 rings (SSSR count). The van der Waals surface area contributed by atoms with E-state index in [1.807, 2.05) is 0 Å². The van der Waals surface area contributed by atoms with Crippen molar-refractivity contribution in [3.8, 4) is 0 Å². The molecule has 1 aromatic carbocycles. The first-order valence-electron chi connectivity index (χ1n) is 6.42. The van der Waals surface area contributed by atoms with Gasteiger partial charge < -0.3 is 10.6 Å². The van der Waals surface area contributed by atoms with Crippen molar-refractivity contribution in [2.24, 2.45) is 7.05 Å². The van der Waals surface area contributed by atoms with Gasteiger partial charge in [-0.15, -0.1) is 0 Å². The first kappa shape index (κ1) is 13.3. The highest BCUT2D eigenvalue weighted by molar-refractivity contribution is 6.04. The Hall–Kier alpha value is -2.70. The Balaban J connectivity index is 1.88. The van der Waals surface area contributed by atoms with Gasteiger partial charge in [0.25, 0.3) is 0 Å². The number of aromatic nitrogens is 2. The number of hydrogen-bond acceptors (Lipinski definition) is 3. The number of aryl methyl sites for hydroxylation is 1. The molecule has 1 aliphatic heterocycles. The molecular formula is C14H13FN4O2. The maximum atomic E-state index is 13.2. The van der Waals surface area contributed by atoms with Crippen molar-refractivity contribution >= 4 is 23.2 Å². The van der Waals surface area contributed by atoms with Crippen LogP contribution in [0.3, 0.4) is 0 Å². The van der Waals surface area contributed by atoms with Crippen molar-refractivity contribution < 1.29 is 14.0 Å². The molecule has 0 saturated heterocycles. The lowest BCUT2D eigenvalue weighted by Crippen LogP contribution is -2.30. The summed E-state index contributed by atoms with van der Waals surface area (Å²) in [5.41, 5.74) is 1.51. The number of nitrogens with one attached hydrogen (secondary N) is 2. The monoisotopic (exact) mass is 288 g/mol. The number of anilines is 2. The molecule has 2 heterocycles. The number of hydrogen-bond donors (Lipinski definition) is 2. The van der Waals surface area contributed by atoms with Gasteiger partial charge in [0, 0.05) is 25.4 Å². The van der Waals surface area contributed by atoms with Crippen molar-refractivity contribution in [1.82, 2.24) is 9.78 Å². The number of fused-ring (bicyclic) bond motifs is 1. The fourth-order valence-corrected chi connectivity index (χ4v) is 2.39. The smallest absolute Gasteiger partial charge is 0.232 e. The molecule has 1 atom stereocenters. The SMILES string of the molecule is Cn1cc(NC(=O)C2CC(=O)Nc3cc(F)ccc32)cn1. The summed E-state index contributed by atoms with van der Waals surface area (Å²) < 4.78 is 14.8. The fraction of sp³-hybridized carbons (Fsp3) is 0.214. The molecule has 2 aromatic rings. The van der Waals surface area contributed by atoms with Crippen LogP contribution >= 0.6 is 0 Å². The number of carbonyl (C=O) groups is 2. The molecule has 0 spiro atoms. The van der Waals surface area contributed by atoms with Crippen LogP contribution in [0, 0.1) is 5.82 Å². The maximum absolute atomic E-state index is 13.2. The molecular weight excluding hydrogens is 275 g/mol. The summed E-state index contributed by atoms with van der Waals surface area (Å²) in [4.78, 5) is 24.0. The van der Waals surface area contributed by atoms with E-state index >= 15 is 0 Å². The van der Waals surface area contributed by atoms with Crippen molar-refractivity contribution in [3.63, 3.8) is 0 Å². The van der Waals surface area contributed by atoms with Gasteiger partial charge in [0.1, 0.15) is 5.82 Å². The summed E-state index contributed by atoms with van der Waals surface area (Å²) in [5, 5.41) is 9.25. The molecule has 1 unspecified atom stereocenters. The largest absolute Gasteiger partial charge is 0.326 e. The lowest BCUT2D eigenvalue weighted by Gasteiger charge is -2.24. The molecule has 0 fully saturated rings. The molecule has 0 radical (unpaired) electrons. The Bertz CT molecular complexity index is 726. The molecule has 0 saturated carbocycles. The second kappa shape index (κ2) is 5.01. The molecule has 7 heteroatoms. The molecule has 0 aliphatic carbocycles. The van der Waals surface area contributed by atoms with Gasteiger partial charge in [0.15, 0.2) is 0 Å². The fourth-order valence-electron chi connectivity index (χ4n) is 2.39. The Kier molecular flexibility index (Phi) is 3.17. The van der Waals surface area contributed by atoms with Crippen LogP contribution in [0.5, 0.6) is 0 Å². The molecule has 108 valence electrons. The second-order valence-corrected chi connectivity index (χ2v) is 4.93. The Labute approximate surface area is 120 Å². The minimum atomic E-state index is -0.644. The van der Waals surface area contributed by atoms with Crippen molar-refractivity contribution in [3.05, 3.63) is 42.0 Å². The van der Waals surface area contributed by atoms with Crippen LogP contribution in [0.25, 0.3) is 0 Å². The Morgan fingerprint density at radius 2 is 2.33 bits per heavy atom. The van der Waals surface area contributed by atoms with Crippen molar-refractivity contribution in [2.45, 2.75) is 12.3 Å². The zero-order chi connectivity index (χ0) is 15.0. The summed E-state index contributed by atoms with van der Waals surface area (Å²) >= 11 is 0. The number of nitrogens with zero attached hydrogens (tertiary/aromatic N) is 2. The lowest BCUT2D eigenvalue weighted by atomic mass is 9.89. The molecule has 0 bridgehead atoms. The molecule has 21 heavy (non-hydrogen) atoms. The van der Waals surface area contributed by atoms with Gasteiger partial charge in [-0.3, -0.25) is 14.3 Å². The summed E-state index contributed by atoms with van der Waals surface area (Å²) in [6.07, 6.45) is 3.21. The van der Waals surface area contributed by atoms with Crippen LogP contribution in [-0.4, -0.2) is 21.6 Å². The van der Waals surface area contributed by atoms with E-state index in [1.165, 1.54) is 24.4 Å². The van der Waals surface area contributed by atoms with Gasteiger partial charge in [-0.05, 0) is 17.7 Å². The molecule has 1 aliphatic rings. The van der Waals surface area contributed by atoms with Gasteiger partial charge in [0.05, 0.1) is 17.8 Å². The van der Waals surface area contributed by atoms with Crippen LogP contribution in [0.4, 0.5) is 15.8 Å². The third kappa shape index (κ3) is 2.62. The van der Waals surface area contributed by atoms with E-state index in [1.54, 1.807) is 17.9 Å². The van der Waals surface area contributed by atoms with Crippen LogP contribution in [0.2, 0.25) is 0 Å². The summed E-state index contributed by atoms with van der Waals surface area (Å²) in [6.45, 7) is 0. The summed E-state index contributed by atoms with van der Waals surface area (Å²) in [7, 11) is 1.74. The van der Waals surface area contributed by atoms with Crippen LogP contribution in [0.1, 0.15) is 17.9 Å². The van der Waals surface area contributed by atoms with Gasteiger partial charge in [0.2, 0.25) is 11.8 Å². The summed E-state index contributed by atoms with van der Waals surface area (Å²) in [5.74, 6) is -1.72. The van der Waals surface area contributed by atoms with E-state index in [-0.39, 0.29) is 18.2 Å². The third-order valence-electron chi connectivity index (χ3n) is 3.34. The third-order valence-corrected chi connectivity index (χ3v) is 3.34. The standard InChI is InChI=1S/C14H13FN4O2/c1-19-7-9(6-16-19)17-14(21)11-5-13(20)18-12-4-8(15)2-3-10(11)12/h2-4,6-7,11H,5H2,1H3,(H,17,21)(H,18,20). The number of rotatable bonds is 2. The highest BCUT2D eigenvalue weighted by Crippen LogP contribution is 2.33. The normalized spacial score (nSPS) is 17.0. The van der Waals surface area contributed by atoms with Crippen LogP contribution < -0.4 is 10.6 Å². The average Bonchev–Trinajstić information content (AvgIpc) is 2.82. The second-order valence-electron chi connectivity index (χ2n) is 4.93. The van der Waals surface area contributed by atoms with E-state index in [9.17, 15) is 14.0 Å². The Morgan fingerprint density at radius 3 is 3.05 bits per heavy atom. The molecule has 6 nitrogen and oxygen atoms in total. The number of carbonyl (C=O) groups excluding carboxylic acids is 2. The first-order valence-corrected chi connectivity index (χ1v) is 6.42. The lowest BCUT2D eigenvalue weighted by molar-refractivity contribution is -0.123. The minimum absolute atomic E-state index is 0.0325. The average molecular weight is 288 g/mol. The van der Waals surface area contributed by atoms with Crippen LogP contribution in [-0.2, 0) is 16.6 Å². The highest BCUT2D eigenvalue weighted by atomic mass is 19.1. The zero-order valence-electron chi connectivity index (χ0n) is 11.3. The first-order chi connectivity index (χ1) is 10.0. The van der Waals surface area contributed by atoms with E-state index in [0.717, 1.165) is 0 Å². The minimum Gasteiger partial charge on any atom is -0.326 e. The van der Waals surface area contributed by atoms with Gasteiger partial charge in [-0.25, -0.2) is 4.39 Å². The van der Waals surface area contributed by atoms with Gasteiger partial charge >= 0.3 is 0 Å². The van der Waals surface area contributed by atoms with Crippen molar-refractivity contribution in [2.75, 3.05) is 10.6 Å². The van der Waals surface area contributed by atoms with E-state index in [2.05, 4.69) is 15.7 Å². The molecule has 2 N–H and O–H groups in total. The zero-order valence-corrected chi connectivity index (χ0v) is 11.3. The number of amides is 2. The highest BCUT2D eigenvalue weighted by Gasteiger charge is 2.31. The van der Waals surface area contributed by atoms with Crippen molar-refractivity contribution in [1.29, 1.82) is 0 Å². The van der Waals surface area contributed by atoms with Crippen LogP contribution in [0.15, 0.2) is 30.6 Å². The van der Waals surface area contributed by atoms with E-state index < -0.39 is 11.7 Å². The predicted octanol–water partition coefficient (Wildman–Crippen LogP) is 1.62. The number of benzene rings is 1. The Morgan fingerprint density at radius 1 is 1.52 bits per heavy atom. The van der Waals surface area contributed by atoms with Gasteiger partial charge in [-0.2, -0.15) is 5.10 Å². The number of halogens is 1. The van der Waals surface area contributed by atoms with E-state index in [4.69, 9.17) is 0 Å². The quantitative estimate of drug-likeness (QED) is 0.881. The molecule has 2 amide bonds.